The number of aromatic nitrogens is 1. The summed E-state index contributed by atoms with van der Waals surface area (Å²) in [6.07, 6.45) is 4.87. The number of nitrogens with zero attached hydrogens (tertiary/aromatic N) is 3. The summed E-state index contributed by atoms with van der Waals surface area (Å²) in [4.78, 5) is 44.1. The van der Waals surface area contributed by atoms with Crippen molar-refractivity contribution in [3.63, 3.8) is 0 Å². The number of aryl methyl sites for hydroxylation is 2. The van der Waals surface area contributed by atoms with E-state index in [1.54, 1.807) is 33.2 Å². The fraction of sp³-hybridized carbons (Fsp3) is 0.346. The van der Waals surface area contributed by atoms with E-state index in [-0.39, 0.29) is 17.0 Å². The minimum Gasteiger partial charge on any atom is -0.355 e. The van der Waals surface area contributed by atoms with Crippen LogP contribution < -0.4 is 10.7 Å². The van der Waals surface area contributed by atoms with E-state index in [2.05, 4.69) is 33.8 Å². The Bertz CT molecular complexity index is 1170. The number of thiophene rings is 1. The van der Waals surface area contributed by atoms with Crippen molar-refractivity contribution in [3.05, 3.63) is 92.0 Å². The van der Waals surface area contributed by atoms with Crippen LogP contribution in [0.15, 0.2) is 65.0 Å². The molecule has 3 aromatic rings. The highest BCUT2D eigenvalue weighted by atomic mass is 32.1. The number of nitrogens with one attached hydrogen (secondary N) is 1. The monoisotopic (exact) mass is 478 g/mol. The Morgan fingerprint density at radius 3 is 2.38 bits per heavy atom. The molecule has 8 heteroatoms. The number of carbonyl (C=O) groups is 2. The summed E-state index contributed by atoms with van der Waals surface area (Å²) in [5, 5.41) is 4.59. The molecule has 0 spiro atoms. The van der Waals surface area contributed by atoms with Gasteiger partial charge >= 0.3 is 0 Å². The van der Waals surface area contributed by atoms with Gasteiger partial charge < -0.3 is 14.8 Å². The summed E-state index contributed by atoms with van der Waals surface area (Å²) >= 11 is 1.73. The first-order valence-electron chi connectivity index (χ1n) is 11.6. The van der Waals surface area contributed by atoms with E-state index in [0.29, 0.717) is 19.6 Å². The molecule has 7 nitrogen and oxygen atoms in total. The van der Waals surface area contributed by atoms with E-state index in [0.717, 1.165) is 32.5 Å². The SMILES string of the molecule is CNC(=O)c1cn(CCCc2ccccc2)cc(C(=O)N2CCN(Cc3cccs3)CC2)c1=O. The molecule has 0 atom stereocenters. The fourth-order valence-corrected chi connectivity index (χ4v) is 4.97. The smallest absolute Gasteiger partial charge is 0.259 e. The highest BCUT2D eigenvalue weighted by Gasteiger charge is 2.26. The molecule has 3 heterocycles. The molecule has 0 aliphatic carbocycles. The molecule has 1 aromatic carbocycles. The molecule has 0 radical (unpaired) electrons. The Labute approximate surface area is 203 Å². The van der Waals surface area contributed by atoms with Crippen LogP contribution in [0, 0.1) is 0 Å². The molecule has 0 unspecified atom stereocenters. The topological polar surface area (TPSA) is 74.7 Å². The van der Waals surface area contributed by atoms with Gasteiger partial charge in [0, 0.05) is 63.6 Å². The van der Waals surface area contributed by atoms with Crippen molar-refractivity contribution in [2.45, 2.75) is 25.9 Å². The van der Waals surface area contributed by atoms with Gasteiger partial charge in [-0.15, -0.1) is 11.3 Å². The first-order valence-corrected chi connectivity index (χ1v) is 12.5. The van der Waals surface area contributed by atoms with Gasteiger partial charge in [-0.3, -0.25) is 19.3 Å². The van der Waals surface area contributed by atoms with Crippen molar-refractivity contribution < 1.29 is 9.59 Å². The summed E-state index contributed by atoms with van der Waals surface area (Å²) in [6, 6.07) is 14.3. The van der Waals surface area contributed by atoms with Gasteiger partial charge in [-0.25, -0.2) is 0 Å². The average Bonchev–Trinajstić information content (AvgIpc) is 3.38. The summed E-state index contributed by atoms with van der Waals surface area (Å²) in [5.74, 6) is -0.777. The van der Waals surface area contributed by atoms with Crippen molar-refractivity contribution >= 4 is 23.2 Å². The number of pyridine rings is 1. The molecule has 2 amide bonds. The van der Waals surface area contributed by atoms with Gasteiger partial charge in [-0.05, 0) is 29.9 Å². The van der Waals surface area contributed by atoms with E-state index in [1.165, 1.54) is 17.5 Å². The minimum atomic E-state index is -0.510. The molecule has 178 valence electrons. The molecule has 2 aromatic heterocycles. The highest BCUT2D eigenvalue weighted by Crippen LogP contribution is 2.15. The molecule has 1 fully saturated rings. The molecular weight excluding hydrogens is 448 g/mol. The molecule has 1 saturated heterocycles. The number of hydrogen-bond donors (Lipinski definition) is 1. The van der Waals surface area contributed by atoms with E-state index < -0.39 is 11.3 Å². The number of carbonyl (C=O) groups excluding carboxylic acids is 2. The Morgan fingerprint density at radius 2 is 1.71 bits per heavy atom. The third-order valence-electron chi connectivity index (χ3n) is 6.12. The van der Waals surface area contributed by atoms with Crippen LogP contribution in [-0.2, 0) is 19.5 Å². The Balaban J connectivity index is 1.47. The normalized spacial score (nSPS) is 14.2. The first-order chi connectivity index (χ1) is 16.5. The van der Waals surface area contributed by atoms with Crippen molar-refractivity contribution in [1.29, 1.82) is 0 Å². The second-order valence-corrected chi connectivity index (χ2v) is 9.50. The Morgan fingerprint density at radius 1 is 0.971 bits per heavy atom. The average molecular weight is 479 g/mol. The lowest BCUT2D eigenvalue weighted by Gasteiger charge is -2.34. The van der Waals surface area contributed by atoms with Gasteiger partial charge in [0.05, 0.1) is 0 Å². The number of benzene rings is 1. The van der Waals surface area contributed by atoms with Gasteiger partial charge in [0.25, 0.3) is 11.8 Å². The number of rotatable bonds is 8. The van der Waals surface area contributed by atoms with Gasteiger partial charge in [0.15, 0.2) is 0 Å². The van der Waals surface area contributed by atoms with E-state index in [9.17, 15) is 14.4 Å². The summed E-state index contributed by atoms with van der Waals surface area (Å²) in [6.45, 7) is 4.10. The van der Waals surface area contributed by atoms with Crippen LogP contribution in [0.5, 0.6) is 0 Å². The molecule has 0 saturated carbocycles. The number of amides is 2. The van der Waals surface area contributed by atoms with E-state index in [4.69, 9.17) is 0 Å². The third-order valence-corrected chi connectivity index (χ3v) is 6.99. The second-order valence-electron chi connectivity index (χ2n) is 8.47. The molecule has 1 N–H and O–H groups in total. The zero-order valence-electron chi connectivity index (χ0n) is 19.4. The lowest BCUT2D eigenvalue weighted by Crippen LogP contribution is -2.49. The predicted molar refractivity (Wildman–Crippen MR) is 134 cm³/mol. The van der Waals surface area contributed by atoms with Crippen LogP contribution in [0.2, 0.25) is 0 Å². The van der Waals surface area contributed by atoms with Crippen molar-refractivity contribution in [3.8, 4) is 0 Å². The summed E-state index contributed by atoms with van der Waals surface area (Å²) < 4.78 is 1.80. The fourth-order valence-electron chi connectivity index (χ4n) is 4.22. The minimum absolute atomic E-state index is 0.00407. The van der Waals surface area contributed by atoms with Crippen molar-refractivity contribution in [2.24, 2.45) is 0 Å². The molecule has 4 rings (SSSR count). The number of piperazine rings is 1. The number of hydrogen-bond acceptors (Lipinski definition) is 5. The van der Waals surface area contributed by atoms with E-state index >= 15 is 0 Å². The largest absolute Gasteiger partial charge is 0.355 e. The quantitative estimate of drug-likeness (QED) is 0.540. The molecule has 1 aliphatic heterocycles. The van der Waals surface area contributed by atoms with Crippen LogP contribution in [0.3, 0.4) is 0 Å². The maximum atomic E-state index is 13.3. The molecular formula is C26H30N4O3S. The van der Waals surface area contributed by atoms with Crippen LogP contribution in [0.4, 0.5) is 0 Å². The first kappa shape index (κ1) is 23.9. The van der Waals surface area contributed by atoms with Gasteiger partial charge in [-0.1, -0.05) is 36.4 Å². The van der Waals surface area contributed by atoms with Crippen LogP contribution in [0.25, 0.3) is 0 Å². The Kier molecular flexibility index (Phi) is 7.92. The zero-order valence-corrected chi connectivity index (χ0v) is 20.2. The molecule has 34 heavy (non-hydrogen) atoms. The van der Waals surface area contributed by atoms with Gasteiger partial charge in [0.1, 0.15) is 11.1 Å². The third kappa shape index (κ3) is 5.81. The van der Waals surface area contributed by atoms with Gasteiger partial charge in [-0.2, -0.15) is 0 Å². The lowest BCUT2D eigenvalue weighted by molar-refractivity contribution is 0.0627. The summed E-state index contributed by atoms with van der Waals surface area (Å²) in [5.41, 5.74) is 0.786. The predicted octanol–water partition coefficient (Wildman–Crippen LogP) is 2.86. The highest BCUT2D eigenvalue weighted by molar-refractivity contribution is 7.09. The van der Waals surface area contributed by atoms with Crippen molar-refractivity contribution in [2.75, 3.05) is 33.2 Å². The Hall–Kier alpha value is -3.23. The van der Waals surface area contributed by atoms with Crippen LogP contribution in [0.1, 0.15) is 37.6 Å². The van der Waals surface area contributed by atoms with E-state index in [1.807, 2.05) is 24.3 Å². The zero-order chi connectivity index (χ0) is 23.9. The second kappa shape index (κ2) is 11.3. The molecule has 0 bridgehead atoms. The maximum absolute atomic E-state index is 13.3. The van der Waals surface area contributed by atoms with Gasteiger partial charge in [0.2, 0.25) is 5.43 Å². The van der Waals surface area contributed by atoms with Crippen LogP contribution in [-0.4, -0.2) is 59.4 Å². The lowest BCUT2D eigenvalue weighted by atomic mass is 10.1. The molecule has 1 aliphatic rings. The standard InChI is InChI=1S/C26H30N4O3S/c1-27-25(32)22-18-29(11-5-9-20-7-3-2-4-8-20)19-23(24(22)31)26(33)30-14-12-28(13-15-30)17-21-10-6-16-34-21/h2-4,6-8,10,16,18-19H,5,9,11-15,17H2,1H3,(H,27,32). The van der Waals surface area contributed by atoms with Crippen molar-refractivity contribution in [1.82, 2.24) is 19.7 Å². The van der Waals surface area contributed by atoms with Crippen LogP contribution >= 0.6 is 11.3 Å². The summed E-state index contributed by atoms with van der Waals surface area (Å²) in [7, 11) is 1.49. The maximum Gasteiger partial charge on any atom is 0.259 e.